The van der Waals surface area contributed by atoms with Crippen molar-refractivity contribution in [3.8, 4) is 0 Å². The minimum atomic E-state index is -1.14. The number of likely N-dealkylation sites (tertiary alicyclic amines) is 1. The molecule has 4 aliphatic rings. The van der Waals surface area contributed by atoms with Crippen molar-refractivity contribution in [3.63, 3.8) is 0 Å². The van der Waals surface area contributed by atoms with E-state index in [2.05, 4.69) is 22.5 Å². The summed E-state index contributed by atoms with van der Waals surface area (Å²) in [7, 11) is 0. The number of ether oxygens (including phenoxy) is 1. The van der Waals surface area contributed by atoms with Gasteiger partial charge >= 0.3 is 5.97 Å². The summed E-state index contributed by atoms with van der Waals surface area (Å²) in [6.07, 6.45) is 7.69. The van der Waals surface area contributed by atoms with Crippen LogP contribution in [0.2, 0.25) is 0 Å². The molecule has 2 amide bonds. The second-order valence-electron chi connectivity index (χ2n) is 9.54. The third kappa shape index (κ3) is 3.70. The molecule has 1 aliphatic carbocycles. The average molecular weight is 513 g/mol. The standard InChI is InChI=1S/C23H33BrN2O6/c1-2-10-25(14-8-4-3-5-9-14)21(29)19-23-13-15(24)18(32-23)16(22(30)31)17(23)20(28)26(19)11-6-7-12-27/h2,14-19,27H,1,3-13H2,(H,30,31)/t15?,16-,17-,18-,19?,23?/m0/s1. The number of hydrogen-bond acceptors (Lipinski definition) is 5. The number of carbonyl (C=O) groups excluding carboxylic acids is 2. The Bertz CT molecular complexity index is 772. The highest BCUT2D eigenvalue weighted by atomic mass is 79.9. The summed E-state index contributed by atoms with van der Waals surface area (Å²) in [4.78, 5) is 43.0. The molecule has 32 heavy (non-hydrogen) atoms. The molecular weight excluding hydrogens is 480 g/mol. The van der Waals surface area contributed by atoms with E-state index in [-0.39, 0.29) is 29.3 Å². The van der Waals surface area contributed by atoms with Gasteiger partial charge in [0.2, 0.25) is 11.8 Å². The Morgan fingerprint density at radius 1 is 1.28 bits per heavy atom. The van der Waals surface area contributed by atoms with E-state index < -0.39 is 35.6 Å². The molecule has 0 aromatic heterocycles. The first-order valence-corrected chi connectivity index (χ1v) is 12.7. The summed E-state index contributed by atoms with van der Waals surface area (Å²) in [5.74, 6) is -3.36. The summed E-state index contributed by atoms with van der Waals surface area (Å²) in [5, 5.41) is 19.1. The number of nitrogens with zero attached hydrogens (tertiary/aromatic N) is 2. The van der Waals surface area contributed by atoms with E-state index in [1.807, 2.05) is 4.90 Å². The smallest absolute Gasteiger partial charge is 0.310 e. The molecule has 0 radical (unpaired) electrons. The van der Waals surface area contributed by atoms with E-state index in [0.29, 0.717) is 32.4 Å². The van der Waals surface area contributed by atoms with Crippen molar-refractivity contribution in [2.75, 3.05) is 19.7 Å². The molecule has 8 nitrogen and oxygen atoms in total. The molecule has 3 aliphatic heterocycles. The van der Waals surface area contributed by atoms with Crippen molar-refractivity contribution in [1.29, 1.82) is 0 Å². The lowest BCUT2D eigenvalue weighted by Gasteiger charge is -2.41. The Morgan fingerprint density at radius 2 is 2.00 bits per heavy atom. The summed E-state index contributed by atoms with van der Waals surface area (Å²) in [6.45, 7) is 4.53. The highest BCUT2D eigenvalue weighted by Gasteiger charge is 2.76. The van der Waals surface area contributed by atoms with Crippen LogP contribution >= 0.6 is 15.9 Å². The highest BCUT2D eigenvalue weighted by Crippen LogP contribution is 2.60. The molecule has 9 heteroatoms. The number of unbranched alkanes of at least 4 members (excludes halogenated alkanes) is 1. The number of aliphatic hydroxyl groups excluding tert-OH is 1. The van der Waals surface area contributed by atoms with Gasteiger partial charge in [-0.05, 0) is 32.1 Å². The molecule has 178 valence electrons. The molecule has 1 spiro atoms. The van der Waals surface area contributed by atoms with Gasteiger partial charge in [-0.25, -0.2) is 0 Å². The first-order chi connectivity index (χ1) is 15.4. The molecule has 1 saturated carbocycles. The number of fused-ring (bicyclic) bond motifs is 1. The van der Waals surface area contributed by atoms with Gasteiger partial charge in [-0.1, -0.05) is 41.3 Å². The Hall–Kier alpha value is -1.45. The third-order valence-corrected chi connectivity index (χ3v) is 8.58. The predicted molar refractivity (Wildman–Crippen MR) is 120 cm³/mol. The molecular formula is C23H33BrN2O6. The Balaban J connectivity index is 1.72. The van der Waals surface area contributed by atoms with E-state index in [4.69, 9.17) is 4.74 Å². The van der Waals surface area contributed by atoms with Crippen molar-refractivity contribution in [3.05, 3.63) is 12.7 Å². The van der Waals surface area contributed by atoms with Gasteiger partial charge in [0.05, 0.1) is 17.9 Å². The van der Waals surface area contributed by atoms with Crippen LogP contribution in [0.4, 0.5) is 0 Å². The predicted octanol–water partition coefficient (Wildman–Crippen LogP) is 1.94. The van der Waals surface area contributed by atoms with E-state index >= 15 is 0 Å². The number of amides is 2. The molecule has 2 bridgehead atoms. The average Bonchev–Trinajstić information content (AvgIpc) is 3.36. The van der Waals surface area contributed by atoms with E-state index in [1.54, 1.807) is 11.0 Å². The van der Waals surface area contributed by atoms with Gasteiger partial charge < -0.3 is 24.7 Å². The number of carboxylic acids is 1. The molecule has 3 saturated heterocycles. The largest absolute Gasteiger partial charge is 0.481 e. The number of carboxylic acid groups (broad SMARTS) is 1. The van der Waals surface area contributed by atoms with Crippen LogP contribution in [0.3, 0.4) is 0 Å². The maximum Gasteiger partial charge on any atom is 0.310 e. The number of aliphatic hydroxyl groups is 1. The number of rotatable bonds is 9. The van der Waals surface area contributed by atoms with Gasteiger partial charge in [-0.15, -0.1) is 6.58 Å². The molecule has 4 rings (SSSR count). The molecule has 3 heterocycles. The Labute approximate surface area is 197 Å². The van der Waals surface area contributed by atoms with Gasteiger partial charge in [0, 0.05) is 30.6 Å². The Morgan fingerprint density at radius 3 is 2.62 bits per heavy atom. The fraction of sp³-hybridized carbons (Fsp3) is 0.783. The van der Waals surface area contributed by atoms with E-state index in [0.717, 1.165) is 32.1 Å². The fourth-order valence-electron chi connectivity index (χ4n) is 6.43. The van der Waals surface area contributed by atoms with Gasteiger partial charge in [0.15, 0.2) is 0 Å². The quantitative estimate of drug-likeness (QED) is 0.277. The van der Waals surface area contributed by atoms with Crippen LogP contribution in [0.1, 0.15) is 51.4 Å². The second-order valence-corrected chi connectivity index (χ2v) is 10.7. The minimum absolute atomic E-state index is 0.000320. The van der Waals surface area contributed by atoms with E-state index in [9.17, 15) is 24.6 Å². The second kappa shape index (κ2) is 9.43. The molecule has 6 atom stereocenters. The molecule has 2 N–H and O–H groups in total. The lowest BCUT2D eigenvalue weighted by atomic mass is 9.70. The van der Waals surface area contributed by atoms with Crippen LogP contribution in [0.15, 0.2) is 12.7 Å². The molecule has 0 aromatic carbocycles. The number of carbonyl (C=O) groups is 3. The zero-order chi connectivity index (χ0) is 23.0. The normalized spacial score (nSPS) is 36.4. The first kappa shape index (κ1) is 23.7. The maximum absolute atomic E-state index is 14.1. The molecule has 0 aromatic rings. The van der Waals surface area contributed by atoms with Crippen molar-refractivity contribution in [1.82, 2.24) is 9.80 Å². The minimum Gasteiger partial charge on any atom is -0.481 e. The monoisotopic (exact) mass is 512 g/mol. The number of hydrogen-bond donors (Lipinski definition) is 2. The van der Waals surface area contributed by atoms with Crippen LogP contribution in [0.5, 0.6) is 0 Å². The number of aliphatic carboxylic acids is 1. The summed E-state index contributed by atoms with van der Waals surface area (Å²) in [5.41, 5.74) is -1.14. The zero-order valence-corrected chi connectivity index (χ0v) is 19.9. The summed E-state index contributed by atoms with van der Waals surface area (Å²) < 4.78 is 6.31. The zero-order valence-electron chi connectivity index (χ0n) is 18.3. The van der Waals surface area contributed by atoms with Gasteiger partial charge in [0.1, 0.15) is 11.6 Å². The van der Waals surface area contributed by atoms with Gasteiger partial charge in [-0.2, -0.15) is 0 Å². The molecule has 3 unspecified atom stereocenters. The molecule has 4 fully saturated rings. The SMILES string of the molecule is C=CCN(C(=O)C1N(CCCCO)C(=O)[C@@H]2[C@H](C(=O)O)[C@H]3OC12CC3Br)C1CCCCC1. The topological polar surface area (TPSA) is 107 Å². The number of halogens is 1. The van der Waals surface area contributed by atoms with Crippen LogP contribution < -0.4 is 0 Å². The van der Waals surface area contributed by atoms with Crippen molar-refractivity contribution >= 4 is 33.7 Å². The van der Waals surface area contributed by atoms with Gasteiger partial charge in [0.25, 0.3) is 0 Å². The van der Waals surface area contributed by atoms with Crippen molar-refractivity contribution in [2.45, 2.75) is 80.0 Å². The highest BCUT2D eigenvalue weighted by molar-refractivity contribution is 9.09. The fourth-order valence-corrected chi connectivity index (χ4v) is 7.38. The Kier molecular flexibility index (Phi) is 6.98. The summed E-state index contributed by atoms with van der Waals surface area (Å²) >= 11 is 3.57. The summed E-state index contributed by atoms with van der Waals surface area (Å²) in [6, 6.07) is -0.761. The lowest BCUT2D eigenvalue weighted by molar-refractivity contribution is -0.151. The van der Waals surface area contributed by atoms with Crippen LogP contribution in [0.25, 0.3) is 0 Å². The van der Waals surface area contributed by atoms with E-state index in [1.165, 1.54) is 0 Å². The lowest BCUT2D eigenvalue weighted by Crippen LogP contribution is -2.58. The van der Waals surface area contributed by atoms with Crippen LogP contribution in [0, 0.1) is 11.8 Å². The van der Waals surface area contributed by atoms with Gasteiger partial charge in [-0.3, -0.25) is 14.4 Å². The first-order valence-electron chi connectivity index (χ1n) is 11.7. The van der Waals surface area contributed by atoms with Crippen LogP contribution in [-0.4, -0.2) is 86.1 Å². The maximum atomic E-state index is 14.1. The van der Waals surface area contributed by atoms with Crippen LogP contribution in [-0.2, 0) is 19.1 Å². The van der Waals surface area contributed by atoms with Crippen molar-refractivity contribution in [2.24, 2.45) is 11.8 Å². The number of alkyl halides is 1. The third-order valence-electron chi connectivity index (χ3n) is 7.74. The van der Waals surface area contributed by atoms with Crippen molar-refractivity contribution < 1.29 is 29.3 Å².